The van der Waals surface area contributed by atoms with Crippen LogP contribution in [0.15, 0.2) is 48.5 Å². The van der Waals surface area contributed by atoms with Crippen molar-refractivity contribution in [3.05, 3.63) is 54.1 Å². The molecule has 0 unspecified atom stereocenters. The predicted molar refractivity (Wildman–Crippen MR) is 81.7 cm³/mol. The largest absolute Gasteiger partial charge is 0.497 e. The third kappa shape index (κ3) is 4.15. The summed E-state index contributed by atoms with van der Waals surface area (Å²) in [5, 5.41) is 9.34. The highest BCUT2D eigenvalue weighted by molar-refractivity contribution is 5.73. The van der Waals surface area contributed by atoms with Crippen LogP contribution in [0.25, 0.3) is 0 Å². The summed E-state index contributed by atoms with van der Waals surface area (Å²) in [5.41, 5.74) is 0.834. The van der Waals surface area contributed by atoms with Gasteiger partial charge in [-0.05, 0) is 42.0 Å². The highest BCUT2D eigenvalue weighted by Gasteiger charge is 2.20. The summed E-state index contributed by atoms with van der Waals surface area (Å²) in [6.45, 7) is 0. The van der Waals surface area contributed by atoms with Crippen molar-refractivity contribution in [1.82, 2.24) is 0 Å². The zero-order chi connectivity index (χ0) is 15.9. The maximum atomic E-state index is 11.4. The topological polar surface area (TPSA) is 65.0 Å². The molecule has 0 aliphatic carbocycles. The third-order valence-corrected chi connectivity index (χ3v) is 3.17. The van der Waals surface area contributed by atoms with Gasteiger partial charge in [-0.15, -0.1) is 0 Å². The van der Waals surface area contributed by atoms with Gasteiger partial charge in [-0.2, -0.15) is 0 Å². The SMILES string of the molecule is COc1ccc(O[C@H](Cc2cccc(OC)c2)C(=O)O)cc1. The number of carbonyl (C=O) groups is 1. The molecule has 22 heavy (non-hydrogen) atoms. The average Bonchev–Trinajstić information content (AvgIpc) is 2.55. The number of ether oxygens (including phenoxy) is 3. The highest BCUT2D eigenvalue weighted by Crippen LogP contribution is 2.20. The molecule has 5 nitrogen and oxygen atoms in total. The lowest BCUT2D eigenvalue weighted by atomic mass is 10.1. The summed E-state index contributed by atoms with van der Waals surface area (Å²) in [6, 6.07) is 14.1. The van der Waals surface area contributed by atoms with E-state index in [9.17, 15) is 9.90 Å². The van der Waals surface area contributed by atoms with Gasteiger partial charge >= 0.3 is 5.97 Å². The van der Waals surface area contributed by atoms with E-state index >= 15 is 0 Å². The van der Waals surface area contributed by atoms with Gasteiger partial charge in [0.25, 0.3) is 0 Å². The lowest BCUT2D eigenvalue weighted by molar-refractivity contribution is -0.145. The van der Waals surface area contributed by atoms with Crippen LogP contribution in [0.1, 0.15) is 5.56 Å². The van der Waals surface area contributed by atoms with Crippen LogP contribution in [-0.2, 0) is 11.2 Å². The molecular weight excluding hydrogens is 284 g/mol. The Morgan fingerprint density at radius 3 is 2.23 bits per heavy atom. The minimum atomic E-state index is -1.02. The Kier molecular flexibility index (Phi) is 5.25. The Bertz CT molecular complexity index is 621. The van der Waals surface area contributed by atoms with Gasteiger partial charge in [0.2, 0.25) is 0 Å². The van der Waals surface area contributed by atoms with Gasteiger partial charge < -0.3 is 19.3 Å². The van der Waals surface area contributed by atoms with E-state index in [-0.39, 0.29) is 6.42 Å². The molecule has 0 aromatic heterocycles. The van der Waals surface area contributed by atoms with Crippen LogP contribution in [0.5, 0.6) is 17.2 Å². The molecule has 5 heteroatoms. The smallest absolute Gasteiger partial charge is 0.345 e. The maximum Gasteiger partial charge on any atom is 0.345 e. The fraction of sp³-hybridized carbons (Fsp3) is 0.235. The molecule has 0 bridgehead atoms. The van der Waals surface area contributed by atoms with Crippen molar-refractivity contribution >= 4 is 5.97 Å². The van der Waals surface area contributed by atoms with E-state index in [0.29, 0.717) is 17.2 Å². The summed E-state index contributed by atoms with van der Waals surface area (Å²) in [5.74, 6) is 0.841. The Morgan fingerprint density at radius 1 is 1.00 bits per heavy atom. The van der Waals surface area contributed by atoms with E-state index in [4.69, 9.17) is 14.2 Å². The van der Waals surface area contributed by atoms with Crippen molar-refractivity contribution in [3.8, 4) is 17.2 Å². The lowest BCUT2D eigenvalue weighted by Crippen LogP contribution is -2.29. The van der Waals surface area contributed by atoms with Crippen LogP contribution in [0.4, 0.5) is 0 Å². The first kappa shape index (κ1) is 15.7. The van der Waals surface area contributed by atoms with E-state index in [1.54, 1.807) is 44.6 Å². The summed E-state index contributed by atoms with van der Waals surface area (Å²) in [6.07, 6.45) is -0.723. The van der Waals surface area contributed by atoms with Gasteiger partial charge in [-0.25, -0.2) is 4.79 Å². The van der Waals surface area contributed by atoms with Crippen molar-refractivity contribution in [2.75, 3.05) is 14.2 Å². The first-order valence-electron chi connectivity index (χ1n) is 6.79. The van der Waals surface area contributed by atoms with Crippen LogP contribution in [-0.4, -0.2) is 31.4 Å². The second-order valence-corrected chi connectivity index (χ2v) is 4.68. The number of carboxylic acids is 1. The number of benzene rings is 2. The monoisotopic (exact) mass is 302 g/mol. The maximum absolute atomic E-state index is 11.4. The molecule has 2 rings (SSSR count). The molecule has 2 aromatic rings. The van der Waals surface area contributed by atoms with Gasteiger partial charge in [0.1, 0.15) is 17.2 Å². The van der Waals surface area contributed by atoms with E-state index < -0.39 is 12.1 Å². The molecule has 1 N–H and O–H groups in total. The molecule has 0 amide bonds. The van der Waals surface area contributed by atoms with Gasteiger partial charge in [-0.1, -0.05) is 12.1 Å². The zero-order valence-electron chi connectivity index (χ0n) is 12.5. The Balaban J connectivity index is 2.10. The van der Waals surface area contributed by atoms with E-state index in [2.05, 4.69) is 0 Å². The summed E-state index contributed by atoms with van der Waals surface area (Å²) in [7, 11) is 3.14. The quantitative estimate of drug-likeness (QED) is 0.852. The molecule has 1 atom stereocenters. The number of carboxylic acid groups (broad SMARTS) is 1. The van der Waals surface area contributed by atoms with Crippen LogP contribution < -0.4 is 14.2 Å². The fourth-order valence-electron chi connectivity index (χ4n) is 2.01. The summed E-state index contributed by atoms with van der Waals surface area (Å²) < 4.78 is 15.8. The van der Waals surface area contributed by atoms with Crippen LogP contribution in [0.2, 0.25) is 0 Å². The van der Waals surface area contributed by atoms with Gasteiger partial charge in [-0.3, -0.25) is 0 Å². The summed E-state index contributed by atoms with van der Waals surface area (Å²) >= 11 is 0. The fourth-order valence-corrected chi connectivity index (χ4v) is 2.01. The van der Waals surface area contributed by atoms with Crippen LogP contribution in [0, 0.1) is 0 Å². The van der Waals surface area contributed by atoms with E-state index in [1.165, 1.54) is 0 Å². The number of aliphatic carboxylic acids is 1. The minimum absolute atomic E-state index is 0.249. The zero-order valence-corrected chi connectivity index (χ0v) is 12.5. The summed E-state index contributed by atoms with van der Waals surface area (Å²) in [4.78, 5) is 11.4. The molecule has 116 valence electrons. The molecule has 0 spiro atoms. The molecule has 2 aromatic carbocycles. The number of rotatable bonds is 7. The first-order valence-corrected chi connectivity index (χ1v) is 6.79. The number of hydrogen-bond acceptors (Lipinski definition) is 4. The van der Waals surface area contributed by atoms with Gasteiger partial charge in [0.15, 0.2) is 6.10 Å². The van der Waals surface area contributed by atoms with Crippen molar-refractivity contribution in [2.45, 2.75) is 12.5 Å². The van der Waals surface area contributed by atoms with Crippen LogP contribution in [0.3, 0.4) is 0 Å². The van der Waals surface area contributed by atoms with Crippen molar-refractivity contribution in [1.29, 1.82) is 0 Å². The van der Waals surface area contributed by atoms with Crippen molar-refractivity contribution in [2.24, 2.45) is 0 Å². The minimum Gasteiger partial charge on any atom is -0.497 e. The Morgan fingerprint density at radius 2 is 1.64 bits per heavy atom. The van der Waals surface area contributed by atoms with Gasteiger partial charge in [0.05, 0.1) is 14.2 Å². The average molecular weight is 302 g/mol. The van der Waals surface area contributed by atoms with Gasteiger partial charge in [0, 0.05) is 6.42 Å². The molecule has 0 aliphatic heterocycles. The highest BCUT2D eigenvalue weighted by atomic mass is 16.5. The van der Waals surface area contributed by atoms with Crippen molar-refractivity contribution < 1.29 is 24.1 Å². The van der Waals surface area contributed by atoms with E-state index in [1.807, 2.05) is 18.2 Å². The third-order valence-electron chi connectivity index (χ3n) is 3.17. The molecular formula is C17H18O5. The predicted octanol–water partition coefficient (Wildman–Crippen LogP) is 2.78. The first-order chi connectivity index (χ1) is 10.6. The molecule has 0 heterocycles. The second-order valence-electron chi connectivity index (χ2n) is 4.68. The normalized spacial score (nSPS) is 11.5. The second kappa shape index (κ2) is 7.36. The molecule has 0 radical (unpaired) electrons. The number of hydrogen-bond donors (Lipinski definition) is 1. The Hall–Kier alpha value is -2.69. The van der Waals surface area contributed by atoms with E-state index in [0.717, 1.165) is 5.56 Å². The molecule has 0 fully saturated rings. The molecule has 0 aliphatic rings. The standard InChI is InChI=1S/C17H18O5/c1-20-13-6-8-14(9-7-13)22-16(17(18)19)11-12-4-3-5-15(10-12)21-2/h3-10,16H,11H2,1-2H3,(H,18,19)/t16-/m1/s1. The van der Waals surface area contributed by atoms with Crippen LogP contribution >= 0.6 is 0 Å². The lowest BCUT2D eigenvalue weighted by Gasteiger charge is -2.16. The van der Waals surface area contributed by atoms with Crippen molar-refractivity contribution in [3.63, 3.8) is 0 Å². The number of methoxy groups -OCH3 is 2. The molecule has 0 saturated carbocycles. The molecule has 0 saturated heterocycles. The Labute approximate surface area is 129 Å².